The summed E-state index contributed by atoms with van der Waals surface area (Å²) in [4.78, 5) is 0. The van der Waals surface area contributed by atoms with Crippen LogP contribution in [0, 0.1) is 0 Å². The SMILES string of the molecule is CC(C)(C)[Si](C)(C)O[C@@H]1C=C[C@H](O)CO1. The summed E-state index contributed by atoms with van der Waals surface area (Å²) in [6, 6.07) is 0. The fourth-order valence-corrected chi connectivity index (χ4v) is 2.14. The second-order valence-electron chi connectivity index (χ2n) is 5.53. The zero-order chi connectivity index (χ0) is 11.7. The van der Waals surface area contributed by atoms with Crippen molar-refractivity contribution < 1.29 is 14.3 Å². The molecule has 3 nitrogen and oxygen atoms in total. The first-order chi connectivity index (χ1) is 6.72. The monoisotopic (exact) mass is 230 g/mol. The highest BCUT2D eigenvalue weighted by atomic mass is 28.4. The van der Waals surface area contributed by atoms with Gasteiger partial charge in [0, 0.05) is 0 Å². The largest absolute Gasteiger partial charge is 0.389 e. The third kappa shape index (κ3) is 3.41. The minimum Gasteiger partial charge on any atom is -0.389 e. The van der Waals surface area contributed by atoms with Crippen molar-refractivity contribution in [2.75, 3.05) is 6.61 Å². The maximum absolute atomic E-state index is 9.23. The van der Waals surface area contributed by atoms with Gasteiger partial charge in [-0.05, 0) is 24.2 Å². The molecule has 0 saturated heterocycles. The third-order valence-electron chi connectivity index (χ3n) is 3.14. The molecule has 2 atom stereocenters. The molecule has 0 saturated carbocycles. The van der Waals surface area contributed by atoms with E-state index in [1.807, 2.05) is 0 Å². The standard InChI is InChI=1S/C11H22O3Si/c1-11(2,3)15(4,5)14-10-7-6-9(12)8-13-10/h6-7,9-10,12H,8H2,1-5H3/t9-,10+/m0/s1. The van der Waals surface area contributed by atoms with E-state index in [4.69, 9.17) is 9.16 Å². The quantitative estimate of drug-likeness (QED) is 0.584. The topological polar surface area (TPSA) is 38.7 Å². The van der Waals surface area contributed by atoms with Crippen molar-refractivity contribution in [3.05, 3.63) is 12.2 Å². The molecule has 1 rings (SSSR count). The summed E-state index contributed by atoms with van der Waals surface area (Å²) < 4.78 is 11.4. The Bertz CT molecular complexity index is 243. The van der Waals surface area contributed by atoms with Gasteiger partial charge < -0.3 is 14.3 Å². The van der Waals surface area contributed by atoms with E-state index in [0.717, 1.165) is 0 Å². The summed E-state index contributed by atoms with van der Waals surface area (Å²) in [5.74, 6) is 0. The normalized spacial score (nSPS) is 28.1. The predicted octanol–water partition coefficient (Wildman–Crippen LogP) is 2.28. The molecule has 1 heterocycles. The zero-order valence-corrected chi connectivity index (χ0v) is 11.3. The summed E-state index contributed by atoms with van der Waals surface area (Å²) in [7, 11) is -1.77. The van der Waals surface area contributed by atoms with Crippen molar-refractivity contribution >= 4 is 8.32 Å². The number of aliphatic hydroxyl groups is 1. The molecule has 0 bridgehead atoms. The summed E-state index contributed by atoms with van der Waals surface area (Å²) in [5.41, 5.74) is 0. The highest BCUT2D eigenvalue weighted by molar-refractivity contribution is 6.74. The van der Waals surface area contributed by atoms with Gasteiger partial charge in [0.25, 0.3) is 0 Å². The minimum atomic E-state index is -1.77. The molecule has 0 aromatic rings. The Kier molecular flexibility index (Phi) is 3.76. The van der Waals surface area contributed by atoms with Crippen LogP contribution >= 0.6 is 0 Å². The van der Waals surface area contributed by atoms with Gasteiger partial charge in [0.05, 0.1) is 12.7 Å². The highest BCUT2D eigenvalue weighted by Gasteiger charge is 2.39. The third-order valence-corrected chi connectivity index (χ3v) is 7.57. The fourth-order valence-electron chi connectivity index (χ4n) is 1.06. The van der Waals surface area contributed by atoms with E-state index in [9.17, 15) is 5.11 Å². The first kappa shape index (κ1) is 12.9. The van der Waals surface area contributed by atoms with Crippen LogP contribution in [0.4, 0.5) is 0 Å². The average molecular weight is 230 g/mol. The van der Waals surface area contributed by atoms with Crippen LogP contribution in [0.1, 0.15) is 20.8 Å². The Morgan fingerprint density at radius 1 is 1.33 bits per heavy atom. The first-order valence-electron chi connectivity index (χ1n) is 5.38. The molecule has 4 heteroatoms. The van der Waals surface area contributed by atoms with Crippen LogP contribution in [-0.4, -0.2) is 32.4 Å². The number of hydrogen-bond acceptors (Lipinski definition) is 3. The van der Waals surface area contributed by atoms with E-state index < -0.39 is 14.4 Å². The van der Waals surface area contributed by atoms with Crippen LogP contribution in [0.15, 0.2) is 12.2 Å². The average Bonchev–Trinajstić information content (AvgIpc) is 2.06. The second kappa shape index (κ2) is 4.37. The van der Waals surface area contributed by atoms with E-state index in [1.165, 1.54) is 0 Å². The van der Waals surface area contributed by atoms with Crippen LogP contribution in [0.25, 0.3) is 0 Å². The van der Waals surface area contributed by atoms with Gasteiger partial charge in [0.1, 0.15) is 0 Å². The van der Waals surface area contributed by atoms with Gasteiger partial charge >= 0.3 is 0 Å². The number of hydrogen-bond donors (Lipinski definition) is 1. The molecule has 0 unspecified atom stereocenters. The molecular weight excluding hydrogens is 208 g/mol. The predicted molar refractivity (Wildman–Crippen MR) is 63.2 cm³/mol. The van der Waals surface area contributed by atoms with Crippen LogP contribution < -0.4 is 0 Å². The maximum Gasteiger partial charge on any atom is 0.195 e. The molecular formula is C11H22O3Si. The van der Waals surface area contributed by atoms with Gasteiger partial charge in [0.15, 0.2) is 14.6 Å². The summed E-state index contributed by atoms with van der Waals surface area (Å²) in [6.45, 7) is 11.3. The van der Waals surface area contributed by atoms with E-state index in [1.54, 1.807) is 12.2 Å². The molecule has 15 heavy (non-hydrogen) atoms. The Morgan fingerprint density at radius 3 is 2.33 bits per heavy atom. The summed E-state index contributed by atoms with van der Waals surface area (Å²) in [5, 5.41) is 9.41. The number of ether oxygens (including phenoxy) is 1. The zero-order valence-electron chi connectivity index (χ0n) is 10.3. The van der Waals surface area contributed by atoms with Crippen molar-refractivity contribution in [3.63, 3.8) is 0 Å². The molecule has 0 aliphatic carbocycles. The summed E-state index contributed by atoms with van der Waals surface area (Å²) in [6.07, 6.45) is 2.77. The summed E-state index contributed by atoms with van der Waals surface area (Å²) >= 11 is 0. The lowest BCUT2D eigenvalue weighted by molar-refractivity contribution is -0.0857. The van der Waals surface area contributed by atoms with Gasteiger partial charge in [-0.15, -0.1) is 0 Å². The minimum absolute atomic E-state index is 0.181. The molecule has 0 aromatic carbocycles. The Hall–Kier alpha value is -0.163. The van der Waals surface area contributed by atoms with Crippen molar-refractivity contribution in [2.24, 2.45) is 0 Å². The van der Waals surface area contributed by atoms with Crippen molar-refractivity contribution in [2.45, 2.75) is 51.3 Å². The Balaban J connectivity index is 2.59. The molecule has 0 spiro atoms. The number of aliphatic hydroxyl groups excluding tert-OH is 1. The molecule has 1 N–H and O–H groups in total. The van der Waals surface area contributed by atoms with E-state index in [2.05, 4.69) is 33.9 Å². The highest BCUT2D eigenvalue weighted by Crippen LogP contribution is 2.37. The lowest BCUT2D eigenvalue weighted by Crippen LogP contribution is -2.45. The van der Waals surface area contributed by atoms with Crippen LogP contribution in [0.2, 0.25) is 18.1 Å². The number of rotatable bonds is 2. The van der Waals surface area contributed by atoms with Gasteiger partial charge in [0.2, 0.25) is 0 Å². The smallest absolute Gasteiger partial charge is 0.195 e. The maximum atomic E-state index is 9.23. The van der Waals surface area contributed by atoms with E-state index >= 15 is 0 Å². The fraction of sp³-hybridized carbons (Fsp3) is 0.818. The van der Waals surface area contributed by atoms with E-state index in [0.29, 0.717) is 6.61 Å². The van der Waals surface area contributed by atoms with Crippen molar-refractivity contribution in [1.29, 1.82) is 0 Å². The molecule has 0 fully saturated rings. The molecule has 1 aliphatic rings. The van der Waals surface area contributed by atoms with Crippen LogP contribution in [0.3, 0.4) is 0 Å². The second-order valence-corrected chi connectivity index (χ2v) is 10.3. The van der Waals surface area contributed by atoms with Crippen LogP contribution in [-0.2, 0) is 9.16 Å². The molecule has 0 amide bonds. The Labute approximate surface area is 93.2 Å². The first-order valence-corrected chi connectivity index (χ1v) is 8.29. The van der Waals surface area contributed by atoms with E-state index in [-0.39, 0.29) is 11.3 Å². The Morgan fingerprint density at radius 2 is 1.93 bits per heavy atom. The van der Waals surface area contributed by atoms with Gasteiger partial charge in [-0.2, -0.15) is 0 Å². The van der Waals surface area contributed by atoms with Crippen LogP contribution in [0.5, 0.6) is 0 Å². The molecule has 88 valence electrons. The lowest BCUT2D eigenvalue weighted by Gasteiger charge is -2.39. The molecule has 0 aromatic heterocycles. The van der Waals surface area contributed by atoms with Gasteiger partial charge in [-0.25, -0.2) is 0 Å². The molecule has 0 radical (unpaired) electrons. The lowest BCUT2D eigenvalue weighted by atomic mass is 10.2. The van der Waals surface area contributed by atoms with Gasteiger partial charge in [-0.3, -0.25) is 0 Å². The van der Waals surface area contributed by atoms with Crippen molar-refractivity contribution in [3.8, 4) is 0 Å². The van der Waals surface area contributed by atoms with Crippen molar-refractivity contribution in [1.82, 2.24) is 0 Å². The van der Waals surface area contributed by atoms with Gasteiger partial charge in [-0.1, -0.05) is 26.8 Å². The molecule has 1 aliphatic heterocycles.